The molecule has 5 heteroatoms. The Morgan fingerprint density at radius 2 is 2.24 bits per heavy atom. The first kappa shape index (κ1) is 15.4. The first-order valence-corrected chi connectivity index (χ1v) is 7.47. The number of nitrogens with zero attached hydrogens (tertiary/aromatic N) is 2. The predicted octanol–water partition coefficient (Wildman–Crippen LogP) is 2.55. The van der Waals surface area contributed by atoms with Crippen LogP contribution in [0.5, 0.6) is 0 Å². The number of halogens is 1. The molecule has 0 aromatic heterocycles. The van der Waals surface area contributed by atoms with Crippen molar-refractivity contribution < 1.29 is 0 Å². The van der Waals surface area contributed by atoms with Gasteiger partial charge < -0.3 is 10.6 Å². The number of nitrogens with two attached hydrogens (primary N) is 1. The number of guanidine groups is 1. The lowest BCUT2D eigenvalue weighted by atomic mass is 10.0. The van der Waals surface area contributed by atoms with E-state index in [1.165, 1.54) is 31.4 Å². The average Bonchev–Trinajstić information content (AvgIpc) is 2.78. The zero-order valence-corrected chi connectivity index (χ0v) is 13.7. The maximum atomic E-state index is 6.06. The van der Waals surface area contributed by atoms with Crippen molar-refractivity contribution in [3.63, 3.8) is 0 Å². The molecule has 0 spiro atoms. The van der Waals surface area contributed by atoms with E-state index in [9.17, 15) is 0 Å². The van der Waals surface area contributed by atoms with E-state index in [4.69, 9.17) is 5.73 Å². The van der Waals surface area contributed by atoms with E-state index < -0.39 is 0 Å². The molecule has 2 saturated heterocycles. The first-order valence-electron chi connectivity index (χ1n) is 6.42. The predicted molar refractivity (Wildman–Crippen MR) is 87.4 cm³/mol. The molecule has 2 aliphatic rings. The topological polar surface area (TPSA) is 41.6 Å². The highest BCUT2D eigenvalue weighted by Crippen LogP contribution is 2.26. The lowest BCUT2D eigenvalue weighted by molar-refractivity contribution is 0.270. The van der Waals surface area contributed by atoms with Crippen molar-refractivity contribution in [1.82, 2.24) is 4.90 Å². The van der Waals surface area contributed by atoms with Crippen LogP contribution in [0.25, 0.3) is 0 Å². The Balaban J connectivity index is 0.00000144. The monoisotopic (exact) mass is 369 g/mol. The summed E-state index contributed by atoms with van der Waals surface area (Å²) in [5, 5.41) is 0.723. The molecule has 2 aliphatic heterocycles. The van der Waals surface area contributed by atoms with Gasteiger partial charge in [0, 0.05) is 18.3 Å². The summed E-state index contributed by atoms with van der Waals surface area (Å²) in [6.45, 7) is 5.40. The molecule has 0 aliphatic carbocycles. The van der Waals surface area contributed by atoms with E-state index in [0.29, 0.717) is 0 Å². The van der Waals surface area contributed by atoms with Gasteiger partial charge in [-0.15, -0.1) is 24.0 Å². The maximum Gasteiger partial charge on any atom is 0.191 e. The summed E-state index contributed by atoms with van der Waals surface area (Å²) in [4.78, 5) is 6.82. The molecule has 2 unspecified atom stereocenters. The Labute approximate surface area is 126 Å². The van der Waals surface area contributed by atoms with Gasteiger partial charge in [0.1, 0.15) is 0 Å². The molecule has 0 aromatic carbocycles. The number of thioether (sulfide) groups is 1. The molecule has 0 bridgehead atoms. The summed E-state index contributed by atoms with van der Waals surface area (Å²) in [6, 6.07) is 0. The van der Waals surface area contributed by atoms with E-state index in [0.717, 1.165) is 36.8 Å². The van der Waals surface area contributed by atoms with Gasteiger partial charge in [-0.05, 0) is 37.4 Å². The third kappa shape index (κ3) is 4.85. The molecule has 0 saturated carbocycles. The summed E-state index contributed by atoms with van der Waals surface area (Å²) in [6.07, 6.45) is 5.27. The fraction of sp³-hybridized carbons (Fsp3) is 0.917. The number of hydrogen-bond donors (Lipinski definition) is 1. The zero-order chi connectivity index (χ0) is 11.4. The number of hydrogen-bond acceptors (Lipinski definition) is 2. The van der Waals surface area contributed by atoms with Gasteiger partial charge in [-0.3, -0.25) is 4.99 Å². The quantitative estimate of drug-likeness (QED) is 0.462. The van der Waals surface area contributed by atoms with Crippen LogP contribution in [-0.4, -0.2) is 41.5 Å². The third-order valence-corrected chi connectivity index (χ3v) is 4.84. The SMILES string of the molecule is CC1CCCN(C(N)=NCC2CCCS2)C1.I. The van der Waals surface area contributed by atoms with Crippen LogP contribution in [0, 0.1) is 5.92 Å². The van der Waals surface area contributed by atoms with Crippen LogP contribution in [0.3, 0.4) is 0 Å². The first-order chi connectivity index (χ1) is 7.75. The van der Waals surface area contributed by atoms with Crippen LogP contribution in [0.1, 0.15) is 32.6 Å². The molecule has 17 heavy (non-hydrogen) atoms. The number of rotatable bonds is 2. The standard InChI is InChI=1S/C12H23N3S.HI/c1-10-4-2-6-15(9-10)12(13)14-8-11-5-3-7-16-11;/h10-11H,2-9H2,1H3,(H2,13,14);1H. The molecule has 2 rings (SSSR count). The highest BCUT2D eigenvalue weighted by atomic mass is 127. The Morgan fingerprint density at radius 1 is 1.41 bits per heavy atom. The van der Waals surface area contributed by atoms with Crippen molar-refractivity contribution in [3.05, 3.63) is 0 Å². The summed E-state index contributed by atoms with van der Waals surface area (Å²) < 4.78 is 0. The van der Waals surface area contributed by atoms with Crippen molar-refractivity contribution in [2.75, 3.05) is 25.4 Å². The Hall–Kier alpha value is 0.350. The molecular weight excluding hydrogens is 345 g/mol. The summed E-state index contributed by atoms with van der Waals surface area (Å²) in [5.41, 5.74) is 6.06. The van der Waals surface area contributed by atoms with E-state index in [2.05, 4.69) is 28.6 Å². The van der Waals surface area contributed by atoms with Crippen LogP contribution in [0.4, 0.5) is 0 Å². The normalized spacial score (nSPS) is 30.2. The van der Waals surface area contributed by atoms with E-state index in [-0.39, 0.29) is 24.0 Å². The van der Waals surface area contributed by atoms with Gasteiger partial charge in [-0.25, -0.2) is 0 Å². The van der Waals surface area contributed by atoms with Crippen LogP contribution in [-0.2, 0) is 0 Å². The van der Waals surface area contributed by atoms with Gasteiger partial charge >= 0.3 is 0 Å². The molecule has 3 nitrogen and oxygen atoms in total. The molecule has 0 amide bonds. The molecule has 2 N–H and O–H groups in total. The second-order valence-electron chi connectivity index (χ2n) is 5.03. The molecule has 0 radical (unpaired) electrons. The second kappa shape index (κ2) is 7.71. The molecule has 2 atom stereocenters. The van der Waals surface area contributed by atoms with Crippen molar-refractivity contribution >= 4 is 41.7 Å². The minimum absolute atomic E-state index is 0. The lowest BCUT2D eigenvalue weighted by Gasteiger charge is -2.31. The Bertz CT molecular complexity index is 254. The van der Waals surface area contributed by atoms with Crippen LogP contribution < -0.4 is 5.73 Å². The minimum atomic E-state index is 0. The fourth-order valence-corrected chi connectivity index (χ4v) is 3.66. The third-order valence-electron chi connectivity index (χ3n) is 3.46. The summed E-state index contributed by atoms with van der Waals surface area (Å²) in [5.74, 6) is 2.85. The van der Waals surface area contributed by atoms with Gasteiger partial charge in [0.15, 0.2) is 5.96 Å². The highest BCUT2D eigenvalue weighted by molar-refractivity contribution is 14.0. The molecule has 0 aromatic rings. The molecule has 2 fully saturated rings. The van der Waals surface area contributed by atoms with Crippen LogP contribution >= 0.6 is 35.7 Å². The van der Waals surface area contributed by atoms with Crippen molar-refractivity contribution in [2.24, 2.45) is 16.6 Å². The smallest absolute Gasteiger partial charge is 0.191 e. The minimum Gasteiger partial charge on any atom is -0.370 e. The fourth-order valence-electron chi connectivity index (χ4n) is 2.48. The van der Waals surface area contributed by atoms with Gasteiger partial charge in [-0.2, -0.15) is 11.8 Å². The van der Waals surface area contributed by atoms with Gasteiger partial charge in [-0.1, -0.05) is 6.92 Å². The molecular formula is C12H24IN3S. The largest absolute Gasteiger partial charge is 0.370 e. The Morgan fingerprint density at radius 3 is 2.88 bits per heavy atom. The number of piperidine rings is 1. The van der Waals surface area contributed by atoms with E-state index >= 15 is 0 Å². The molecule has 100 valence electrons. The summed E-state index contributed by atoms with van der Waals surface area (Å²) >= 11 is 2.05. The Kier molecular flexibility index (Phi) is 6.99. The summed E-state index contributed by atoms with van der Waals surface area (Å²) in [7, 11) is 0. The van der Waals surface area contributed by atoms with E-state index in [1.54, 1.807) is 0 Å². The van der Waals surface area contributed by atoms with Crippen molar-refractivity contribution in [3.8, 4) is 0 Å². The van der Waals surface area contributed by atoms with Crippen LogP contribution in [0.15, 0.2) is 4.99 Å². The van der Waals surface area contributed by atoms with Crippen molar-refractivity contribution in [1.29, 1.82) is 0 Å². The maximum absolute atomic E-state index is 6.06. The van der Waals surface area contributed by atoms with E-state index in [1.807, 2.05) is 0 Å². The van der Waals surface area contributed by atoms with Crippen LogP contribution in [0.2, 0.25) is 0 Å². The van der Waals surface area contributed by atoms with Crippen molar-refractivity contribution in [2.45, 2.75) is 37.9 Å². The molecule has 2 heterocycles. The zero-order valence-electron chi connectivity index (χ0n) is 10.6. The van der Waals surface area contributed by atoms with Gasteiger partial charge in [0.05, 0.1) is 6.54 Å². The van der Waals surface area contributed by atoms with Gasteiger partial charge in [0.2, 0.25) is 0 Å². The number of aliphatic imine (C=N–C) groups is 1. The second-order valence-corrected chi connectivity index (χ2v) is 6.44. The average molecular weight is 369 g/mol. The lowest BCUT2D eigenvalue weighted by Crippen LogP contribution is -2.43. The van der Waals surface area contributed by atoms with Gasteiger partial charge in [0.25, 0.3) is 0 Å². The number of likely N-dealkylation sites (tertiary alicyclic amines) is 1. The highest BCUT2D eigenvalue weighted by Gasteiger charge is 2.19.